The number of hydrogen-bond donors (Lipinski definition) is 1. The fourth-order valence-corrected chi connectivity index (χ4v) is 3.95. The molecule has 0 radical (unpaired) electrons. The average Bonchev–Trinajstić information content (AvgIpc) is 3.11. The fourth-order valence-electron chi connectivity index (χ4n) is 3.83. The van der Waals surface area contributed by atoms with Crippen LogP contribution in [0.2, 0.25) is 5.02 Å². The summed E-state index contributed by atoms with van der Waals surface area (Å²) in [6.07, 6.45) is 0.623. The molecule has 0 fully saturated rings. The SMILES string of the molecule is Cc1cc(C)cc(OCCn2c(CCNC(=O)c3ccc(Cl)cc3)nc3ccccc32)c1. The van der Waals surface area contributed by atoms with E-state index in [1.54, 1.807) is 24.3 Å². The molecule has 3 aromatic carbocycles. The van der Waals surface area contributed by atoms with Crippen LogP contribution >= 0.6 is 11.6 Å². The Morgan fingerprint density at radius 2 is 1.75 bits per heavy atom. The van der Waals surface area contributed by atoms with Crippen LogP contribution in [-0.2, 0) is 13.0 Å². The molecule has 5 nitrogen and oxygen atoms in total. The molecule has 32 heavy (non-hydrogen) atoms. The van der Waals surface area contributed by atoms with Crippen molar-refractivity contribution in [3.8, 4) is 5.75 Å². The molecule has 0 unspecified atom stereocenters. The van der Waals surface area contributed by atoms with Gasteiger partial charge in [0.1, 0.15) is 18.2 Å². The molecule has 0 atom stereocenters. The lowest BCUT2D eigenvalue weighted by atomic mass is 10.1. The summed E-state index contributed by atoms with van der Waals surface area (Å²) in [6, 6.07) is 21.2. The Morgan fingerprint density at radius 3 is 2.50 bits per heavy atom. The quantitative estimate of drug-likeness (QED) is 0.395. The first kappa shape index (κ1) is 21.9. The van der Waals surface area contributed by atoms with E-state index in [1.807, 2.05) is 30.3 Å². The third-order valence-corrected chi connectivity index (χ3v) is 5.50. The first-order valence-electron chi connectivity index (χ1n) is 10.7. The van der Waals surface area contributed by atoms with Gasteiger partial charge in [-0.3, -0.25) is 4.79 Å². The Kier molecular flexibility index (Phi) is 6.76. The number of rotatable bonds is 8. The van der Waals surface area contributed by atoms with Crippen molar-refractivity contribution in [1.29, 1.82) is 0 Å². The molecule has 1 aromatic heterocycles. The highest BCUT2D eigenvalue weighted by molar-refractivity contribution is 6.30. The van der Waals surface area contributed by atoms with Gasteiger partial charge in [0.05, 0.1) is 17.6 Å². The largest absolute Gasteiger partial charge is 0.492 e. The van der Waals surface area contributed by atoms with Gasteiger partial charge in [-0.2, -0.15) is 0 Å². The lowest BCUT2D eigenvalue weighted by molar-refractivity contribution is 0.0954. The van der Waals surface area contributed by atoms with E-state index in [9.17, 15) is 4.79 Å². The van der Waals surface area contributed by atoms with E-state index in [2.05, 4.69) is 35.9 Å². The summed E-state index contributed by atoms with van der Waals surface area (Å²) >= 11 is 5.90. The highest BCUT2D eigenvalue weighted by Crippen LogP contribution is 2.19. The van der Waals surface area contributed by atoms with E-state index in [-0.39, 0.29) is 5.91 Å². The maximum absolute atomic E-state index is 12.4. The molecule has 0 aliphatic heterocycles. The molecule has 164 valence electrons. The minimum absolute atomic E-state index is 0.123. The maximum Gasteiger partial charge on any atom is 0.251 e. The first-order valence-corrected chi connectivity index (χ1v) is 11.1. The second-order valence-corrected chi connectivity index (χ2v) is 8.29. The Labute approximate surface area is 193 Å². The van der Waals surface area contributed by atoms with Crippen LogP contribution in [-0.4, -0.2) is 28.6 Å². The van der Waals surface area contributed by atoms with Gasteiger partial charge in [0.25, 0.3) is 5.91 Å². The van der Waals surface area contributed by atoms with Gasteiger partial charge in [-0.05, 0) is 73.5 Å². The lowest BCUT2D eigenvalue weighted by Gasteiger charge is -2.12. The molecule has 0 saturated heterocycles. The van der Waals surface area contributed by atoms with Gasteiger partial charge in [-0.25, -0.2) is 4.98 Å². The number of fused-ring (bicyclic) bond motifs is 1. The molecule has 0 spiro atoms. The van der Waals surface area contributed by atoms with Crippen LogP contribution in [0, 0.1) is 13.8 Å². The molecule has 0 aliphatic carbocycles. The number of nitrogens with one attached hydrogen (secondary N) is 1. The third kappa shape index (κ3) is 5.29. The van der Waals surface area contributed by atoms with E-state index in [0.717, 1.165) is 22.6 Å². The fraction of sp³-hybridized carbons (Fsp3) is 0.231. The van der Waals surface area contributed by atoms with Crippen molar-refractivity contribution in [3.63, 3.8) is 0 Å². The van der Waals surface area contributed by atoms with Crippen molar-refractivity contribution in [1.82, 2.24) is 14.9 Å². The van der Waals surface area contributed by atoms with E-state index in [0.29, 0.717) is 36.7 Å². The van der Waals surface area contributed by atoms with Gasteiger partial charge in [0.15, 0.2) is 0 Å². The number of benzene rings is 3. The second-order valence-electron chi connectivity index (χ2n) is 7.85. The van der Waals surface area contributed by atoms with Crippen LogP contribution in [0.1, 0.15) is 27.3 Å². The summed E-state index contributed by atoms with van der Waals surface area (Å²) in [5.74, 6) is 1.68. The maximum atomic E-state index is 12.4. The number of nitrogens with zero attached hydrogens (tertiary/aromatic N) is 2. The summed E-state index contributed by atoms with van der Waals surface area (Å²) in [4.78, 5) is 17.2. The van der Waals surface area contributed by atoms with Gasteiger partial charge in [0, 0.05) is 23.6 Å². The van der Waals surface area contributed by atoms with E-state index in [4.69, 9.17) is 21.3 Å². The number of carbonyl (C=O) groups is 1. The molecule has 1 amide bonds. The third-order valence-electron chi connectivity index (χ3n) is 5.25. The normalized spacial score (nSPS) is 11.0. The number of halogens is 1. The number of ether oxygens (including phenoxy) is 1. The minimum Gasteiger partial charge on any atom is -0.492 e. The van der Waals surface area contributed by atoms with Crippen LogP contribution in [0.4, 0.5) is 0 Å². The summed E-state index contributed by atoms with van der Waals surface area (Å²) in [7, 11) is 0. The van der Waals surface area contributed by atoms with Crippen molar-refractivity contribution in [2.24, 2.45) is 0 Å². The predicted molar refractivity (Wildman–Crippen MR) is 129 cm³/mol. The molecule has 0 saturated carbocycles. The van der Waals surface area contributed by atoms with Gasteiger partial charge in [-0.1, -0.05) is 29.8 Å². The van der Waals surface area contributed by atoms with E-state index >= 15 is 0 Å². The van der Waals surface area contributed by atoms with Crippen LogP contribution in [0.3, 0.4) is 0 Å². The van der Waals surface area contributed by atoms with Gasteiger partial charge in [0.2, 0.25) is 0 Å². The van der Waals surface area contributed by atoms with Crippen LogP contribution in [0.25, 0.3) is 11.0 Å². The van der Waals surface area contributed by atoms with Crippen molar-refractivity contribution in [2.45, 2.75) is 26.8 Å². The lowest BCUT2D eigenvalue weighted by Crippen LogP contribution is -2.26. The number of amides is 1. The van der Waals surface area contributed by atoms with Crippen LogP contribution in [0.5, 0.6) is 5.75 Å². The van der Waals surface area contributed by atoms with Crippen molar-refractivity contribution in [3.05, 3.63) is 94.3 Å². The summed E-state index contributed by atoms with van der Waals surface area (Å²) < 4.78 is 8.20. The zero-order chi connectivity index (χ0) is 22.5. The average molecular weight is 448 g/mol. The minimum atomic E-state index is -0.123. The Balaban J connectivity index is 1.42. The Hall–Kier alpha value is -3.31. The van der Waals surface area contributed by atoms with Crippen molar-refractivity contribution < 1.29 is 9.53 Å². The number of aryl methyl sites for hydroxylation is 2. The molecule has 1 N–H and O–H groups in total. The molecule has 4 aromatic rings. The Bertz CT molecular complexity index is 1210. The number of para-hydroxylation sites is 2. The second kappa shape index (κ2) is 9.88. The summed E-state index contributed by atoms with van der Waals surface area (Å²) in [6.45, 7) is 5.84. The van der Waals surface area contributed by atoms with Crippen molar-refractivity contribution in [2.75, 3.05) is 13.2 Å². The standard InChI is InChI=1S/C26H26ClN3O2/c1-18-15-19(2)17-22(16-18)32-14-13-30-24-6-4-3-5-23(24)29-25(30)11-12-28-26(31)20-7-9-21(27)10-8-20/h3-10,15-17H,11-14H2,1-2H3,(H,28,31). The molecular weight excluding hydrogens is 422 g/mol. The number of carbonyl (C=O) groups excluding carboxylic acids is 1. The molecular formula is C26H26ClN3O2. The number of imidazole rings is 1. The zero-order valence-electron chi connectivity index (χ0n) is 18.3. The van der Waals surface area contributed by atoms with Crippen LogP contribution < -0.4 is 10.1 Å². The molecule has 0 bridgehead atoms. The molecule has 6 heteroatoms. The summed E-state index contributed by atoms with van der Waals surface area (Å²) in [5.41, 5.74) is 4.97. The topological polar surface area (TPSA) is 56.1 Å². The van der Waals surface area contributed by atoms with Gasteiger partial charge in [-0.15, -0.1) is 0 Å². The molecule has 4 rings (SSSR count). The highest BCUT2D eigenvalue weighted by Gasteiger charge is 2.12. The molecule has 1 heterocycles. The smallest absolute Gasteiger partial charge is 0.251 e. The Morgan fingerprint density at radius 1 is 1.03 bits per heavy atom. The monoisotopic (exact) mass is 447 g/mol. The van der Waals surface area contributed by atoms with E-state index in [1.165, 1.54) is 11.1 Å². The molecule has 0 aliphatic rings. The number of aromatic nitrogens is 2. The highest BCUT2D eigenvalue weighted by atomic mass is 35.5. The van der Waals surface area contributed by atoms with Crippen molar-refractivity contribution >= 4 is 28.5 Å². The van der Waals surface area contributed by atoms with Gasteiger partial charge >= 0.3 is 0 Å². The van der Waals surface area contributed by atoms with Crippen LogP contribution in [0.15, 0.2) is 66.7 Å². The number of hydrogen-bond acceptors (Lipinski definition) is 3. The first-order chi connectivity index (χ1) is 15.5. The van der Waals surface area contributed by atoms with Gasteiger partial charge < -0.3 is 14.6 Å². The van der Waals surface area contributed by atoms with E-state index < -0.39 is 0 Å². The summed E-state index contributed by atoms with van der Waals surface area (Å²) in [5, 5.41) is 3.58. The zero-order valence-corrected chi connectivity index (χ0v) is 19.0. The predicted octanol–water partition coefficient (Wildman–Crippen LogP) is 5.36.